The van der Waals surface area contributed by atoms with Crippen LogP contribution in [0.2, 0.25) is 0 Å². The van der Waals surface area contributed by atoms with Gasteiger partial charge in [0, 0.05) is 0 Å². The molecule has 209 valence electrons. The first-order chi connectivity index (χ1) is 17.3. The predicted molar refractivity (Wildman–Crippen MR) is 144 cm³/mol. The minimum Gasteiger partial charge on any atom is -1.00 e. The van der Waals surface area contributed by atoms with E-state index >= 15 is 0 Å². The Morgan fingerprint density at radius 1 is 0.737 bits per heavy atom. The van der Waals surface area contributed by atoms with E-state index in [9.17, 15) is 10.2 Å². The zero-order valence-corrected chi connectivity index (χ0v) is 27.1. The molecule has 2 N–H and O–H groups in total. The largest absolute Gasteiger partial charge is 1.00 e. The van der Waals surface area contributed by atoms with E-state index in [0.717, 1.165) is 46.6 Å². The molecule has 2 fully saturated rings. The van der Waals surface area contributed by atoms with Crippen molar-refractivity contribution in [1.29, 1.82) is 0 Å². The smallest absolute Gasteiger partial charge is 1.00 e. The summed E-state index contributed by atoms with van der Waals surface area (Å²) in [5.74, 6) is 2.12. The first-order valence-corrected chi connectivity index (χ1v) is 14.1. The number of phenolic OH excluding ortho intramolecular Hbond substituents is 2. The number of fused-ring (bicyclic) bond motifs is 1. The Morgan fingerprint density at radius 2 is 1.11 bits per heavy atom. The van der Waals surface area contributed by atoms with Crippen LogP contribution in [0.4, 0.5) is 0 Å². The van der Waals surface area contributed by atoms with Gasteiger partial charge in [0.1, 0.15) is 0 Å². The molecule has 2 aliphatic rings. The molecule has 0 radical (unpaired) electrons. The maximum Gasteiger partial charge on any atom is -1.00 e. The topological polar surface area (TPSA) is 64.9 Å². The third-order valence-electron chi connectivity index (χ3n) is 7.34. The summed E-state index contributed by atoms with van der Waals surface area (Å²) in [6, 6.07) is 8.40. The molecule has 0 bridgehead atoms. The Kier molecular flexibility index (Phi) is 9.53. The van der Waals surface area contributed by atoms with Gasteiger partial charge in [-0.05, 0) is 0 Å². The summed E-state index contributed by atoms with van der Waals surface area (Å²) in [6.45, 7) is 12.6. The van der Waals surface area contributed by atoms with Crippen molar-refractivity contribution in [3.63, 3.8) is 0 Å². The van der Waals surface area contributed by atoms with E-state index in [0.29, 0.717) is 39.0 Å². The van der Waals surface area contributed by atoms with Gasteiger partial charge < -0.3 is 24.0 Å². The normalized spacial score (nSPS) is 21.8. The van der Waals surface area contributed by atoms with Gasteiger partial charge in [-0.25, -0.2) is 0 Å². The monoisotopic (exact) mass is 676 g/mol. The predicted octanol–water partition coefficient (Wildman–Crippen LogP) is 2.51. The molecule has 8 heteroatoms. The minimum absolute atomic E-state index is 0. The fraction of sp³-hybridized carbons (Fsp3) is 0.533. The molecule has 1 heterocycles. The van der Waals surface area contributed by atoms with Crippen LogP contribution in [0.25, 0.3) is 0 Å². The maximum atomic E-state index is 11.2. The Labute approximate surface area is 251 Å². The number of rotatable bonds is 4. The molecular weight excluding hydrogens is 634 g/mol. The molecule has 2 aromatic carbocycles. The van der Waals surface area contributed by atoms with Crippen molar-refractivity contribution in [2.45, 2.75) is 90.1 Å². The van der Waals surface area contributed by atoms with Gasteiger partial charge in [0.15, 0.2) is 0 Å². The van der Waals surface area contributed by atoms with Gasteiger partial charge in [-0.3, -0.25) is 0 Å². The number of methoxy groups -OCH3 is 2. The molecule has 38 heavy (non-hydrogen) atoms. The second kappa shape index (κ2) is 11.8. The third-order valence-corrected chi connectivity index (χ3v) is 8.97. The van der Waals surface area contributed by atoms with Gasteiger partial charge in [0.25, 0.3) is 0 Å². The van der Waals surface area contributed by atoms with Crippen LogP contribution in [0.1, 0.15) is 89.5 Å². The molecule has 1 aliphatic carbocycles. The standard InChI is InChI=1S/C30H42N2O4.HI.Mn/c1-29(2,3)23-15-21(35-7)13-19(27(23)33)17-31-25-11-9-10-12-26(25)32-18-20-14-22(36-8)16-24(28(20)34)30(4,5)6;;/h13-18,25-26,33-34H,9-12H2,1-8H3;1H;/q;;+2/p-1/t25-,26-;;/m1../s1. The fourth-order valence-electron chi connectivity index (χ4n) is 5.22. The van der Waals surface area contributed by atoms with Crippen molar-refractivity contribution in [3.8, 4) is 23.0 Å². The van der Waals surface area contributed by atoms with Crippen LogP contribution < -0.4 is 33.5 Å². The molecule has 0 amide bonds. The van der Waals surface area contributed by atoms with E-state index in [1.807, 2.05) is 24.3 Å². The second-order valence-electron chi connectivity index (χ2n) is 12.2. The fourth-order valence-corrected chi connectivity index (χ4v) is 7.06. The van der Waals surface area contributed by atoms with Crippen LogP contribution in [0.15, 0.2) is 24.3 Å². The summed E-state index contributed by atoms with van der Waals surface area (Å²) in [6.07, 6.45) is 8.81. The number of phenols is 2. The summed E-state index contributed by atoms with van der Waals surface area (Å²) >= 11 is 0.323. The molecule has 1 aliphatic heterocycles. The van der Waals surface area contributed by atoms with Gasteiger partial charge in [0.05, 0.1) is 0 Å². The van der Waals surface area contributed by atoms with Crippen LogP contribution in [0.3, 0.4) is 0 Å². The van der Waals surface area contributed by atoms with E-state index in [1.54, 1.807) is 14.2 Å². The van der Waals surface area contributed by atoms with E-state index in [-0.39, 0.29) is 34.8 Å². The molecule has 0 unspecified atom stereocenters. The summed E-state index contributed by atoms with van der Waals surface area (Å²) in [7, 11) is 3.33. The number of hydrogen-bond acceptors (Lipinski definition) is 4. The van der Waals surface area contributed by atoms with Crippen LogP contribution in [-0.4, -0.2) is 56.1 Å². The summed E-state index contributed by atoms with van der Waals surface area (Å²) in [4.78, 5) is 0. The zero-order chi connectivity index (χ0) is 27.1. The Bertz CT molecular complexity index is 1150. The first-order valence-electron chi connectivity index (χ1n) is 13.1. The number of benzene rings is 2. The quantitative estimate of drug-likeness (QED) is 0.387. The van der Waals surface area contributed by atoms with E-state index in [4.69, 9.17) is 9.47 Å². The third kappa shape index (κ3) is 6.34. The molecule has 0 spiro atoms. The SMILES string of the molecule is COc1cc(C=[N+]2[Mn][N+](=Cc3cc(OC)cc(C(C)(C)C)c3O)[C@@H]3CCCC[C@H]32)c(O)c(C(C)(C)C)c1.[I-]. The van der Waals surface area contributed by atoms with E-state index < -0.39 is 0 Å². The minimum atomic E-state index is -0.212. The second-order valence-corrected chi connectivity index (χ2v) is 13.6. The molecular formula is C30H42IMnN2O4+. The van der Waals surface area contributed by atoms with Gasteiger partial charge in [-0.1, -0.05) is 0 Å². The molecule has 1 saturated heterocycles. The number of ether oxygens (including phenoxy) is 2. The number of halogens is 1. The molecule has 2 aromatic rings. The van der Waals surface area contributed by atoms with Gasteiger partial charge in [0.2, 0.25) is 0 Å². The first kappa shape index (κ1) is 30.8. The average Bonchev–Trinajstić information content (AvgIpc) is 3.17. The summed E-state index contributed by atoms with van der Waals surface area (Å²) < 4.78 is 15.9. The van der Waals surface area contributed by atoms with Crippen LogP contribution in [0.5, 0.6) is 23.0 Å². The van der Waals surface area contributed by atoms with Crippen molar-refractivity contribution >= 4 is 12.4 Å². The van der Waals surface area contributed by atoms with Crippen molar-refractivity contribution in [3.05, 3.63) is 46.5 Å². The van der Waals surface area contributed by atoms with Crippen LogP contribution in [0, 0.1) is 0 Å². The van der Waals surface area contributed by atoms with Gasteiger partial charge in [-0.2, -0.15) is 0 Å². The average molecular weight is 677 g/mol. The van der Waals surface area contributed by atoms with E-state index in [1.165, 1.54) is 12.8 Å². The molecule has 6 nitrogen and oxygen atoms in total. The Balaban J connectivity index is 0.00000400. The maximum absolute atomic E-state index is 11.2. The van der Waals surface area contributed by atoms with Gasteiger partial charge >= 0.3 is 229 Å². The molecule has 2 atom stereocenters. The van der Waals surface area contributed by atoms with Crippen molar-refractivity contribution in [2.24, 2.45) is 0 Å². The molecule has 1 saturated carbocycles. The van der Waals surface area contributed by atoms with E-state index in [2.05, 4.69) is 61.2 Å². The van der Waals surface area contributed by atoms with Crippen LogP contribution >= 0.6 is 0 Å². The summed E-state index contributed by atoms with van der Waals surface area (Å²) in [5.41, 5.74) is 2.89. The van der Waals surface area contributed by atoms with Crippen molar-refractivity contribution in [2.75, 3.05) is 14.2 Å². The Morgan fingerprint density at radius 3 is 1.42 bits per heavy atom. The molecule has 4 rings (SSSR count). The van der Waals surface area contributed by atoms with Gasteiger partial charge in [-0.15, -0.1) is 0 Å². The zero-order valence-electron chi connectivity index (χ0n) is 23.8. The number of aromatic hydroxyl groups is 2. The van der Waals surface area contributed by atoms with Crippen LogP contribution in [-0.2, 0) is 26.2 Å². The van der Waals surface area contributed by atoms with Crippen molar-refractivity contribution < 1.29 is 66.2 Å². The molecule has 0 aromatic heterocycles. The number of hydrogen-bond donors (Lipinski definition) is 2. The number of nitrogens with zero attached hydrogens (tertiary/aromatic N) is 2. The van der Waals surface area contributed by atoms with Crippen molar-refractivity contribution in [1.82, 2.24) is 0 Å². The Hall–Kier alpha value is -1.77. The summed E-state index contributed by atoms with van der Waals surface area (Å²) in [5, 5.41) is 22.4.